The minimum Gasteiger partial charge on any atom is -0.495 e. The zero-order chi connectivity index (χ0) is 22.3. The van der Waals surface area contributed by atoms with Crippen molar-refractivity contribution in [3.05, 3.63) is 59.4 Å². The topological polar surface area (TPSA) is 55.2 Å². The molecule has 1 aromatic heterocycles. The van der Waals surface area contributed by atoms with Crippen molar-refractivity contribution in [1.82, 2.24) is 19.7 Å². The van der Waals surface area contributed by atoms with E-state index in [1.54, 1.807) is 18.9 Å². The van der Waals surface area contributed by atoms with Crippen molar-refractivity contribution in [1.29, 1.82) is 0 Å². The summed E-state index contributed by atoms with van der Waals surface area (Å²) in [5.41, 5.74) is 4.58. The number of aryl methyl sites for hydroxylation is 2. The van der Waals surface area contributed by atoms with Crippen molar-refractivity contribution >= 4 is 17.4 Å². The largest absolute Gasteiger partial charge is 0.495 e. The van der Waals surface area contributed by atoms with E-state index in [-0.39, 0.29) is 0 Å². The predicted octanol–water partition coefficient (Wildman–Crippen LogP) is 5.08. The first-order valence-corrected chi connectivity index (χ1v) is 12.4. The first kappa shape index (κ1) is 22.7. The highest BCUT2D eigenvalue weighted by Gasteiger charge is 2.18. The monoisotopic (exact) mass is 451 g/mol. The minimum atomic E-state index is 0.587. The summed E-state index contributed by atoms with van der Waals surface area (Å²) in [6, 6.07) is 14.4. The molecule has 170 valence electrons. The highest BCUT2D eigenvalue weighted by Crippen LogP contribution is 2.29. The number of hydrogen-bond acceptors (Lipinski definition) is 6. The van der Waals surface area contributed by atoms with E-state index in [1.165, 1.54) is 43.5 Å². The molecule has 0 atom stereocenters. The molecule has 2 aromatic carbocycles. The maximum atomic E-state index is 5.67. The summed E-state index contributed by atoms with van der Waals surface area (Å²) in [6.07, 6.45) is 3.99. The van der Waals surface area contributed by atoms with Gasteiger partial charge in [0, 0.05) is 18.0 Å². The number of nitrogens with zero attached hydrogens (tertiary/aromatic N) is 4. The van der Waals surface area contributed by atoms with Gasteiger partial charge in [-0.3, -0.25) is 4.57 Å². The number of para-hydroxylation sites is 3. The molecule has 1 aliphatic heterocycles. The van der Waals surface area contributed by atoms with Gasteiger partial charge < -0.3 is 15.0 Å². The molecule has 1 saturated heterocycles. The normalized spacial score (nSPS) is 14.5. The molecule has 2 heterocycles. The van der Waals surface area contributed by atoms with Crippen LogP contribution in [0.1, 0.15) is 36.2 Å². The second-order valence-electron chi connectivity index (χ2n) is 8.28. The van der Waals surface area contributed by atoms with Crippen molar-refractivity contribution in [2.75, 3.05) is 37.8 Å². The van der Waals surface area contributed by atoms with Crippen LogP contribution in [0.3, 0.4) is 0 Å². The Labute approximate surface area is 195 Å². The number of nitrogens with one attached hydrogen (secondary N) is 1. The number of piperidine rings is 1. The maximum absolute atomic E-state index is 5.67. The van der Waals surface area contributed by atoms with E-state index in [0.29, 0.717) is 6.54 Å². The number of thioether (sulfide) groups is 1. The van der Waals surface area contributed by atoms with Gasteiger partial charge in [-0.05, 0) is 63.0 Å². The van der Waals surface area contributed by atoms with Gasteiger partial charge in [0.1, 0.15) is 5.75 Å². The van der Waals surface area contributed by atoms with Gasteiger partial charge in [0.2, 0.25) is 0 Å². The molecule has 3 aromatic rings. The Hall–Kier alpha value is -2.51. The van der Waals surface area contributed by atoms with Crippen LogP contribution in [0.15, 0.2) is 47.6 Å². The smallest absolute Gasteiger partial charge is 0.196 e. The maximum Gasteiger partial charge on any atom is 0.196 e. The second kappa shape index (κ2) is 10.9. The average molecular weight is 452 g/mol. The summed E-state index contributed by atoms with van der Waals surface area (Å²) in [7, 11) is 1.71. The number of likely N-dealkylation sites (tertiary alicyclic amines) is 1. The molecule has 0 amide bonds. The lowest BCUT2D eigenvalue weighted by atomic mass is 10.1. The van der Waals surface area contributed by atoms with Crippen LogP contribution in [0.2, 0.25) is 0 Å². The van der Waals surface area contributed by atoms with Crippen LogP contribution in [0.5, 0.6) is 5.75 Å². The van der Waals surface area contributed by atoms with Gasteiger partial charge in [-0.1, -0.05) is 48.5 Å². The van der Waals surface area contributed by atoms with E-state index in [2.05, 4.69) is 63.1 Å². The molecule has 0 spiro atoms. The molecular weight excluding hydrogens is 418 g/mol. The molecule has 1 aliphatic rings. The van der Waals surface area contributed by atoms with Gasteiger partial charge in [0.05, 0.1) is 19.3 Å². The molecule has 0 bridgehead atoms. The molecular formula is C25H33N5OS. The summed E-state index contributed by atoms with van der Waals surface area (Å²) in [6.45, 7) is 8.35. The first-order chi connectivity index (χ1) is 15.7. The Morgan fingerprint density at radius 2 is 1.72 bits per heavy atom. The number of rotatable bonds is 9. The van der Waals surface area contributed by atoms with Crippen LogP contribution in [0, 0.1) is 13.8 Å². The third-order valence-corrected chi connectivity index (χ3v) is 6.93. The molecule has 1 N–H and O–H groups in total. The summed E-state index contributed by atoms with van der Waals surface area (Å²) in [5, 5.41) is 13.6. The fourth-order valence-corrected chi connectivity index (χ4v) is 5.24. The zero-order valence-electron chi connectivity index (χ0n) is 19.3. The van der Waals surface area contributed by atoms with E-state index in [0.717, 1.165) is 40.4 Å². The molecule has 0 radical (unpaired) electrons. The number of benzene rings is 2. The molecule has 0 saturated carbocycles. The van der Waals surface area contributed by atoms with Gasteiger partial charge in [-0.25, -0.2) is 0 Å². The molecule has 4 rings (SSSR count). The number of ether oxygens (including phenoxy) is 1. The Bertz CT molecular complexity index is 1010. The van der Waals surface area contributed by atoms with Crippen molar-refractivity contribution in [3.8, 4) is 11.4 Å². The third kappa shape index (κ3) is 5.27. The van der Waals surface area contributed by atoms with Crippen LogP contribution < -0.4 is 10.1 Å². The van der Waals surface area contributed by atoms with Crippen molar-refractivity contribution < 1.29 is 4.74 Å². The van der Waals surface area contributed by atoms with Crippen LogP contribution in [-0.4, -0.2) is 52.2 Å². The average Bonchev–Trinajstić information content (AvgIpc) is 3.22. The van der Waals surface area contributed by atoms with E-state index in [4.69, 9.17) is 4.74 Å². The van der Waals surface area contributed by atoms with Crippen LogP contribution in [0.25, 0.3) is 5.69 Å². The predicted molar refractivity (Wildman–Crippen MR) is 132 cm³/mol. The highest BCUT2D eigenvalue weighted by atomic mass is 32.2. The third-order valence-electron chi connectivity index (χ3n) is 6.02. The van der Waals surface area contributed by atoms with Crippen LogP contribution in [-0.2, 0) is 6.54 Å². The molecule has 32 heavy (non-hydrogen) atoms. The fourth-order valence-electron chi connectivity index (χ4n) is 4.27. The Morgan fingerprint density at radius 1 is 0.969 bits per heavy atom. The standard InChI is InChI=1S/C25H33N5OS/c1-19-10-9-11-20(2)24(19)26-18-23-27-28-25(32-17-16-29-14-7-4-8-15-29)30(23)21-12-5-6-13-22(21)31-3/h5-6,9-13,26H,4,7-8,14-18H2,1-3H3. The van der Waals surface area contributed by atoms with Crippen molar-refractivity contribution in [2.24, 2.45) is 0 Å². The van der Waals surface area contributed by atoms with Gasteiger partial charge in [0.15, 0.2) is 11.0 Å². The lowest BCUT2D eigenvalue weighted by Gasteiger charge is -2.26. The van der Waals surface area contributed by atoms with Crippen LogP contribution >= 0.6 is 11.8 Å². The van der Waals surface area contributed by atoms with Crippen molar-refractivity contribution in [2.45, 2.75) is 44.8 Å². The summed E-state index contributed by atoms with van der Waals surface area (Å²) in [5.74, 6) is 2.69. The molecule has 1 fully saturated rings. The summed E-state index contributed by atoms with van der Waals surface area (Å²) >= 11 is 1.77. The zero-order valence-corrected chi connectivity index (χ0v) is 20.1. The molecule has 6 nitrogen and oxygen atoms in total. The lowest BCUT2D eigenvalue weighted by molar-refractivity contribution is 0.242. The first-order valence-electron chi connectivity index (χ1n) is 11.4. The Balaban J connectivity index is 1.57. The number of hydrogen-bond donors (Lipinski definition) is 1. The molecule has 0 unspecified atom stereocenters. The number of aromatic nitrogens is 3. The van der Waals surface area contributed by atoms with E-state index in [9.17, 15) is 0 Å². The Morgan fingerprint density at radius 3 is 2.47 bits per heavy atom. The van der Waals surface area contributed by atoms with Gasteiger partial charge >= 0.3 is 0 Å². The quantitative estimate of drug-likeness (QED) is 0.458. The SMILES string of the molecule is COc1ccccc1-n1c(CNc2c(C)cccc2C)nnc1SCCN1CCCCC1. The second-order valence-corrected chi connectivity index (χ2v) is 9.34. The lowest BCUT2D eigenvalue weighted by Crippen LogP contribution is -2.31. The fraction of sp³-hybridized carbons (Fsp3) is 0.440. The number of anilines is 1. The highest BCUT2D eigenvalue weighted by molar-refractivity contribution is 7.99. The van der Waals surface area contributed by atoms with E-state index >= 15 is 0 Å². The molecule has 0 aliphatic carbocycles. The Kier molecular flexibility index (Phi) is 7.71. The summed E-state index contributed by atoms with van der Waals surface area (Å²) < 4.78 is 7.80. The van der Waals surface area contributed by atoms with E-state index < -0.39 is 0 Å². The number of methoxy groups -OCH3 is 1. The summed E-state index contributed by atoms with van der Waals surface area (Å²) in [4.78, 5) is 2.56. The van der Waals surface area contributed by atoms with Gasteiger partial charge in [-0.2, -0.15) is 0 Å². The van der Waals surface area contributed by atoms with Crippen LogP contribution in [0.4, 0.5) is 5.69 Å². The minimum absolute atomic E-state index is 0.587. The van der Waals surface area contributed by atoms with E-state index in [1.807, 2.05) is 18.2 Å². The van der Waals surface area contributed by atoms with Gasteiger partial charge in [-0.15, -0.1) is 10.2 Å². The molecule has 7 heteroatoms. The van der Waals surface area contributed by atoms with Gasteiger partial charge in [0.25, 0.3) is 0 Å². The van der Waals surface area contributed by atoms with Crippen molar-refractivity contribution in [3.63, 3.8) is 0 Å².